The Morgan fingerprint density at radius 2 is 1.65 bits per heavy atom. The fourth-order valence-electron chi connectivity index (χ4n) is 4.58. The zero-order valence-corrected chi connectivity index (χ0v) is 27.6. The van der Waals surface area contributed by atoms with Crippen LogP contribution in [0.5, 0.6) is 0 Å². The third kappa shape index (κ3) is 9.19. The third-order valence-electron chi connectivity index (χ3n) is 7.11. The van der Waals surface area contributed by atoms with Crippen LogP contribution in [0.3, 0.4) is 0 Å². The number of anilines is 1. The van der Waals surface area contributed by atoms with Crippen molar-refractivity contribution in [3.05, 3.63) is 99.0 Å². The lowest BCUT2D eigenvalue weighted by Crippen LogP contribution is -2.54. The molecule has 0 aliphatic heterocycles. The number of nitrogens with zero attached hydrogens (tertiary/aromatic N) is 3. The summed E-state index contributed by atoms with van der Waals surface area (Å²) in [5.41, 5.74) is 3.35. The zero-order valence-electron chi connectivity index (χ0n) is 25.3. The summed E-state index contributed by atoms with van der Waals surface area (Å²) in [7, 11) is -1.26. The molecule has 0 aliphatic rings. The van der Waals surface area contributed by atoms with E-state index in [0.717, 1.165) is 32.6 Å². The Bertz CT molecular complexity index is 1520. The Morgan fingerprint density at radius 3 is 2.28 bits per heavy atom. The van der Waals surface area contributed by atoms with Gasteiger partial charge in [-0.25, -0.2) is 4.31 Å². The van der Waals surface area contributed by atoms with Crippen LogP contribution in [0.25, 0.3) is 0 Å². The van der Waals surface area contributed by atoms with Gasteiger partial charge in [0.2, 0.25) is 11.8 Å². The Labute approximate surface area is 265 Å². The van der Waals surface area contributed by atoms with Gasteiger partial charge >= 0.3 is 10.2 Å². The number of unbranched alkanes of at least 4 members (excludes halogenated alkanes) is 1. The highest BCUT2D eigenvalue weighted by atomic mass is 35.5. The maximum absolute atomic E-state index is 14.4. The molecule has 1 N–H and O–H groups in total. The molecule has 0 unspecified atom stereocenters. The number of carbonyl (C=O) groups excluding carboxylic acids is 2. The van der Waals surface area contributed by atoms with E-state index in [9.17, 15) is 18.0 Å². The molecule has 0 aliphatic carbocycles. The number of halogens is 2. The number of hydrogen-bond acceptors (Lipinski definition) is 4. The van der Waals surface area contributed by atoms with E-state index in [0.29, 0.717) is 33.4 Å². The Hall–Kier alpha value is -3.11. The SMILES string of the molecule is CCCCNC(=O)[C@H](Cc1ccccc1)N(Cc1ccc(Cl)cc1Cl)C(=O)CN(c1cc(C)ccc1C)S(=O)(=O)N(C)C. The minimum atomic E-state index is -4.09. The molecule has 3 aromatic carbocycles. The van der Waals surface area contributed by atoms with Crippen molar-refractivity contribution in [2.75, 3.05) is 31.5 Å². The van der Waals surface area contributed by atoms with Gasteiger partial charge in [-0.05, 0) is 60.7 Å². The van der Waals surface area contributed by atoms with Gasteiger partial charge in [0.1, 0.15) is 12.6 Å². The summed E-state index contributed by atoms with van der Waals surface area (Å²) in [6.07, 6.45) is 1.89. The van der Waals surface area contributed by atoms with E-state index in [4.69, 9.17) is 23.2 Å². The summed E-state index contributed by atoms with van der Waals surface area (Å²) in [6.45, 7) is 5.57. The molecule has 232 valence electrons. The summed E-state index contributed by atoms with van der Waals surface area (Å²) >= 11 is 12.7. The van der Waals surface area contributed by atoms with Crippen LogP contribution in [0.4, 0.5) is 5.69 Å². The van der Waals surface area contributed by atoms with Crippen LogP contribution in [0.2, 0.25) is 10.0 Å². The van der Waals surface area contributed by atoms with Crippen LogP contribution >= 0.6 is 23.2 Å². The lowest BCUT2D eigenvalue weighted by Gasteiger charge is -2.35. The largest absolute Gasteiger partial charge is 0.354 e. The van der Waals surface area contributed by atoms with Crippen molar-refractivity contribution in [1.29, 1.82) is 0 Å². The normalized spacial score (nSPS) is 12.2. The average Bonchev–Trinajstić information content (AvgIpc) is 2.96. The van der Waals surface area contributed by atoms with Crippen molar-refractivity contribution in [1.82, 2.24) is 14.5 Å². The molecule has 8 nitrogen and oxygen atoms in total. The maximum Gasteiger partial charge on any atom is 0.304 e. The number of nitrogens with one attached hydrogen (secondary N) is 1. The van der Waals surface area contributed by atoms with Crippen LogP contribution in [-0.4, -0.2) is 62.7 Å². The van der Waals surface area contributed by atoms with E-state index in [1.54, 1.807) is 31.2 Å². The molecule has 0 fully saturated rings. The standard InChI is InChI=1S/C32H40Cl2N4O4S/c1-6-7-17-35-32(40)30(19-25-11-9-8-10-12-25)37(21-26-15-16-27(33)20-28(26)34)31(39)22-38(43(41,42)36(4)5)29-18-23(2)13-14-24(29)3/h8-16,18,20,30H,6-7,17,19,21-22H2,1-5H3,(H,35,40)/t30-/m0/s1. The summed E-state index contributed by atoms with van der Waals surface area (Å²) < 4.78 is 29.4. The van der Waals surface area contributed by atoms with Crippen LogP contribution in [0, 0.1) is 13.8 Å². The number of amides is 2. The fourth-order valence-corrected chi connectivity index (χ4v) is 6.16. The lowest BCUT2D eigenvalue weighted by molar-refractivity contribution is -0.140. The van der Waals surface area contributed by atoms with Crippen molar-refractivity contribution in [3.63, 3.8) is 0 Å². The molecule has 43 heavy (non-hydrogen) atoms. The van der Waals surface area contributed by atoms with Gasteiger partial charge in [0.15, 0.2) is 0 Å². The second-order valence-corrected chi connectivity index (χ2v) is 13.6. The van der Waals surface area contributed by atoms with Gasteiger partial charge in [0, 0.05) is 43.7 Å². The summed E-state index contributed by atoms with van der Waals surface area (Å²) in [6, 6.07) is 18.8. The predicted molar refractivity (Wildman–Crippen MR) is 175 cm³/mol. The average molecular weight is 648 g/mol. The zero-order chi connectivity index (χ0) is 31.7. The van der Waals surface area contributed by atoms with E-state index in [-0.39, 0.29) is 18.9 Å². The van der Waals surface area contributed by atoms with Gasteiger partial charge in [-0.1, -0.05) is 85.1 Å². The fraction of sp³-hybridized carbons (Fsp3) is 0.375. The first kappa shape index (κ1) is 34.4. The first-order valence-electron chi connectivity index (χ1n) is 14.2. The van der Waals surface area contributed by atoms with Gasteiger partial charge in [-0.2, -0.15) is 12.7 Å². The highest BCUT2D eigenvalue weighted by Crippen LogP contribution is 2.28. The predicted octanol–water partition coefficient (Wildman–Crippen LogP) is 5.78. The molecule has 0 heterocycles. The molecule has 0 spiro atoms. The van der Waals surface area contributed by atoms with E-state index >= 15 is 0 Å². The number of benzene rings is 3. The summed E-state index contributed by atoms with van der Waals surface area (Å²) in [5.74, 6) is -0.881. The second-order valence-electron chi connectivity index (χ2n) is 10.7. The van der Waals surface area contributed by atoms with Gasteiger partial charge in [-0.3, -0.25) is 9.59 Å². The van der Waals surface area contributed by atoms with E-state index in [1.807, 2.05) is 56.3 Å². The monoisotopic (exact) mass is 646 g/mol. The van der Waals surface area contributed by atoms with Crippen LogP contribution in [0.1, 0.15) is 42.0 Å². The molecule has 3 aromatic rings. The number of rotatable bonds is 14. The Balaban J connectivity index is 2.13. The van der Waals surface area contributed by atoms with Gasteiger partial charge in [-0.15, -0.1) is 0 Å². The molecule has 11 heteroatoms. The molecule has 2 amide bonds. The minimum Gasteiger partial charge on any atom is -0.354 e. The van der Waals surface area contributed by atoms with Crippen LogP contribution < -0.4 is 9.62 Å². The van der Waals surface area contributed by atoms with Crippen molar-refractivity contribution in [2.45, 2.75) is 52.6 Å². The van der Waals surface area contributed by atoms with E-state index in [1.165, 1.54) is 19.0 Å². The molecular formula is C32H40Cl2N4O4S. The van der Waals surface area contributed by atoms with Crippen LogP contribution in [0.15, 0.2) is 66.7 Å². The number of carbonyl (C=O) groups is 2. The minimum absolute atomic E-state index is 0.0316. The van der Waals surface area contributed by atoms with Crippen molar-refractivity contribution in [2.24, 2.45) is 0 Å². The van der Waals surface area contributed by atoms with Crippen molar-refractivity contribution < 1.29 is 18.0 Å². The molecule has 0 bridgehead atoms. The second kappa shape index (κ2) is 15.6. The molecule has 0 aromatic heterocycles. The molecule has 0 saturated heterocycles. The molecule has 0 radical (unpaired) electrons. The van der Waals surface area contributed by atoms with Gasteiger partial charge < -0.3 is 10.2 Å². The first-order chi connectivity index (χ1) is 20.3. The molecular weight excluding hydrogens is 607 g/mol. The maximum atomic E-state index is 14.4. The van der Waals surface area contributed by atoms with E-state index in [2.05, 4.69) is 5.32 Å². The number of hydrogen-bond donors (Lipinski definition) is 1. The molecule has 0 saturated carbocycles. The van der Waals surface area contributed by atoms with E-state index < -0.39 is 28.7 Å². The smallest absolute Gasteiger partial charge is 0.304 e. The van der Waals surface area contributed by atoms with Crippen molar-refractivity contribution in [3.8, 4) is 0 Å². The summed E-state index contributed by atoms with van der Waals surface area (Å²) in [5, 5.41) is 3.74. The Morgan fingerprint density at radius 1 is 0.953 bits per heavy atom. The molecule has 3 rings (SSSR count). The Kier molecular flexibility index (Phi) is 12.4. The third-order valence-corrected chi connectivity index (χ3v) is 9.50. The van der Waals surface area contributed by atoms with Crippen LogP contribution in [-0.2, 0) is 32.8 Å². The summed E-state index contributed by atoms with van der Waals surface area (Å²) in [4.78, 5) is 29.6. The van der Waals surface area contributed by atoms with Gasteiger partial charge in [0.05, 0.1) is 5.69 Å². The first-order valence-corrected chi connectivity index (χ1v) is 16.3. The topological polar surface area (TPSA) is 90.0 Å². The van der Waals surface area contributed by atoms with Gasteiger partial charge in [0.25, 0.3) is 0 Å². The number of aryl methyl sites for hydroxylation is 2. The highest BCUT2D eigenvalue weighted by Gasteiger charge is 2.35. The highest BCUT2D eigenvalue weighted by molar-refractivity contribution is 7.90. The van der Waals surface area contributed by atoms with Crippen molar-refractivity contribution >= 4 is 50.9 Å². The quantitative estimate of drug-likeness (QED) is 0.225. The lowest BCUT2D eigenvalue weighted by atomic mass is 10.0. The molecule has 1 atom stereocenters.